The molecular weight excluding hydrogens is 382 g/mol. The second kappa shape index (κ2) is 8.28. The summed E-state index contributed by atoms with van der Waals surface area (Å²) in [6.07, 6.45) is 0. The van der Waals surface area contributed by atoms with E-state index in [1.807, 2.05) is 24.3 Å². The number of fused-ring (bicyclic) bond motifs is 1. The summed E-state index contributed by atoms with van der Waals surface area (Å²) in [5.41, 5.74) is 0. The van der Waals surface area contributed by atoms with Crippen molar-refractivity contribution in [1.82, 2.24) is 4.31 Å². The van der Waals surface area contributed by atoms with Crippen molar-refractivity contribution in [2.75, 3.05) is 26.3 Å². The molecule has 0 radical (unpaired) electrons. The van der Waals surface area contributed by atoms with Gasteiger partial charge in [0, 0.05) is 13.1 Å². The van der Waals surface area contributed by atoms with E-state index in [0.717, 1.165) is 10.8 Å². The van der Waals surface area contributed by atoms with Crippen molar-refractivity contribution in [3.8, 4) is 0 Å². The fourth-order valence-corrected chi connectivity index (χ4v) is 4.94. The molecule has 150 valence electrons. The number of hydrogen-bond acceptors (Lipinski definition) is 6. The minimum Gasteiger partial charge on any atom is -0.466 e. The molecule has 2 aromatic rings. The van der Waals surface area contributed by atoms with E-state index in [1.165, 1.54) is 10.4 Å². The molecule has 1 aliphatic rings. The van der Waals surface area contributed by atoms with Crippen LogP contribution in [0.5, 0.6) is 0 Å². The van der Waals surface area contributed by atoms with Crippen molar-refractivity contribution in [3.63, 3.8) is 0 Å². The Bertz CT molecular complexity index is 961. The topological polar surface area (TPSA) is 90.0 Å². The molecule has 0 saturated carbocycles. The monoisotopic (exact) mass is 405 g/mol. The lowest BCUT2D eigenvalue weighted by Crippen LogP contribution is -2.31. The van der Waals surface area contributed by atoms with E-state index < -0.39 is 33.8 Å². The number of benzene rings is 2. The summed E-state index contributed by atoms with van der Waals surface area (Å²) in [5, 5.41) is 1.73. The van der Waals surface area contributed by atoms with Crippen molar-refractivity contribution < 1.29 is 27.5 Å². The van der Waals surface area contributed by atoms with Gasteiger partial charge in [0.15, 0.2) is 0 Å². The van der Waals surface area contributed by atoms with Gasteiger partial charge in [-0.15, -0.1) is 0 Å². The lowest BCUT2D eigenvalue weighted by atomic mass is 9.96. The molecule has 0 N–H and O–H groups in total. The molecule has 1 heterocycles. The fourth-order valence-electron chi connectivity index (χ4n) is 3.42. The van der Waals surface area contributed by atoms with Gasteiger partial charge in [-0.3, -0.25) is 9.59 Å². The summed E-state index contributed by atoms with van der Waals surface area (Å²) in [7, 11) is -3.88. The first kappa shape index (κ1) is 20.3. The highest BCUT2D eigenvalue weighted by molar-refractivity contribution is 7.89. The number of rotatable bonds is 6. The van der Waals surface area contributed by atoms with Gasteiger partial charge in [-0.2, -0.15) is 4.31 Å². The first-order chi connectivity index (χ1) is 13.4. The molecule has 8 heteroatoms. The average Bonchev–Trinajstić information content (AvgIpc) is 3.14. The Morgan fingerprint density at radius 3 is 2.00 bits per heavy atom. The largest absolute Gasteiger partial charge is 0.466 e. The third kappa shape index (κ3) is 3.88. The molecule has 1 saturated heterocycles. The minimum atomic E-state index is -3.88. The summed E-state index contributed by atoms with van der Waals surface area (Å²) >= 11 is 0. The molecular formula is C20H23NO6S. The van der Waals surface area contributed by atoms with Gasteiger partial charge in [-0.25, -0.2) is 8.42 Å². The molecule has 2 atom stereocenters. The summed E-state index contributed by atoms with van der Waals surface area (Å²) in [6, 6.07) is 12.3. The lowest BCUT2D eigenvalue weighted by Gasteiger charge is -2.16. The number of ether oxygens (including phenoxy) is 2. The van der Waals surface area contributed by atoms with Crippen LogP contribution in [0.25, 0.3) is 10.8 Å². The number of sulfonamides is 1. The fraction of sp³-hybridized carbons (Fsp3) is 0.400. The molecule has 0 amide bonds. The Morgan fingerprint density at radius 2 is 1.46 bits per heavy atom. The standard InChI is InChI=1S/C20H23NO6S/c1-3-26-19(22)17-12-21(13-18(17)20(23)27-4-2)28(24,25)16-10-9-14-7-5-6-8-15(14)11-16/h5-11,17-18H,3-4,12-13H2,1-2H3. The van der Waals surface area contributed by atoms with Gasteiger partial charge in [-0.1, -0.05) is 30.3 Å². The van der Waals surface area contributed by atoms with E-state index in [2.05, 4.69) is 0 Å². The normalized spacial score (nSPS) is 20.2. The second-order valence-electron chi connectivity index (χ2n) is 6.55. The quantitative estimate of drug-likeness (QED) is 0.685. The summed E-state index contributed by atoms with van der Waals surface area (Å²) in [4.78, 5) is 24.7. The maximum atomic E-state index is 13.2. The lowest BCUT2D eigenvalue weighted by molar-refractivity contribution is -0.157. The number of carbonyl (C=O) groups is 2. The summed E-state index contributed by atoms with van der Waals surface area (Å²) in [5.74, 6) is -2.93. The number of hydrogen-bond donors (Lipinski definition) is 0. The third-order valence-corrected chi connectivity index (χ3v) is 6.65. The van der Waals surface area contributed by atoms with Crippen LogP contribution in [0.4, 0.5) is 0 Å². The van der Waals surface area contributed by atoms with Crippen LogP contribution in [0.15, 0.2) is 47.4 Å². The van der Waals surface area contributed by atoms with Crippen molar-refractivity contribution >= 4 is 32.7 Å². The van der Waals surface area contributed by atoms with Crippen LogP contribution in [0.1, 0.15) is 13.8 Å². The van der Waals surface area contributed by atoms with E-state index in [0.29, 0.717) is 0 Å². The number of carbonyl (C=O) groups excluding carboxylic acids is 2. The highest BCUT2D eigenvalue weighted by atomic mass is 32.2. The van der Waals surface area contributed by atoms with Gasteiger partial charge in [0.25, 0.3) is 0 Å². The van der Waals surface area contributed by atoms with E-state index in [-0.39, 0.29) is 31.2 Å². The van der Waals surface area contributed by atoms with Crippen LogP contribution >= 0.6 is 0 Å². The number of nitrogens with zero attached hydrogens (tertiary/aromatic N) is 1. The van der Waals surface area contributed by atoms with Crippen molar-refractivity contribution in [2.45, 2.75) is 18.7 Å². The Hall–Kier alpha value is -2.45. The van der Waals surface area contributed by atoms with Crippen LogP contribution in [0, 0.1) is 11.8 Å². The molecule has 0 bridgehead atoms. The van der Waals surface area contributed by atoms with E-state index in [4.69, 9.17) is 9.47 Å². The molecule has 2 aromatic carbocycles. The molecule has 7 nitrogen and oxygen atoms in total. The zero-order chi connectivity index (χ0) is 20.3. The SMILES string of the molecule is CCOC(=O)C1CN(S(=O)(=O)c2ccc3ccccc3c2)CC1C(=O)OCC. The summed E-state index contributed by atoms with van der Waals surface area (Å²) in [6.45, 7) is 3.41. The van der Waals surface area contributed by atoms with Crippen LogP contribution < -0.4 is 0 Å². The van der Waals surface area contributed by atoms with Crippen molar-refractivity contribution in [3.05, 3.63) is 42.5 Å². The van der Waals surface area contributed by atoms with Gasteiger partial charge in [0.2, 0.25) is 10.0 Å². The highest BCUT2D eigenvalue weighted by Gasteiger charge is 2.47. The molecule has 28 heavy (non-hydrogen) atoms. The van der Waals surface area contributed by atoms with Crippen LogP contribution in [-0.4, -0.2) is 51.0 Å². The average molecular weight is 405 g/mol. The van der Waals surface area contributed by atoms with Gasteiger partial charge < -0.3 is 9.47 Å². The molecule has 3 rings (SSSR count). The molecule has 0 aromatic heterocycles. The second-order valence-corrected chi connectivity index (χ2v) is 8.49. The van der Waals surface area contributed by atoms with Gasteiger partial charge in [-0.05, 0) is 36.8 Å². The minimum absolute atomic E-state index is 0.114. The van der Waals surface area contributed by atoms with Crippen LogP contribution in [0.2, 0.25) is 0 Å². The maximum Gasteiger partial charge on any atom is 0.311 e. The van der Waals surface area contributed by atoms with E-state index in [9.17, 15) is 18.0 Å². The summed E-state index contributed by atoms with van der Waals surface area (Å²) < 4.78 is 37.6. The smallest absolute Gasteiger partial charge is 0.311 e. The third-order valence-electron chi connectivity index (χ3n) is 4.82. The highest BCUT2D eigenvalue weighted by Crippen LogP contribution is 2.31. The van der Waals surface area contributed by atoms with Gasteiger partial charge >= 0.3 is 11.9 Å². The maximum absolute atomic E-state index is 13.2. The Morgan fingerprint density at radius 1 is 0.929 bits per heavy atom. The zero-order valence-electron chi connectivity index (χ0n) is 15.8. The van der Waals surface area contributed by atoms with E-state index >= 15 is 0 Å². The first-order valence-electron chi connectivity index (χ1n) is 9.20. The zero-order valence-corrected chi connectivity index (χ0v) is 16.6. The van der Waals surface area contributed by atoms with Gasteiger partial charge in [0.05, 0.1) is 29.9 Å². The number of esters is 2. The predicted octanol–water partition coefficient (Wildman–Crippen LogP) is 2.20. The molecule has 1 fully saturated rings. The molecule has 2 unspecified atom stereocenters. The van der Waals surface area contributed by atoms with Crippen LogP contribution in [0.3, 0.4) is 0 Å². The van der Waals surface area contributed by atoms with Crippen molar-refractivity contribution in [2.24, 2.45) is 11.8 Å². The Labute approximate surface area is 164 Å². The van der Waals surface area contributed by atoms with Crippen molar-refractivity contribution in [1.29, 1.82) is 0 Å². The van der Waals surface area contributed by atoms with Crippen LogP contribution in [-0.2, 0) is 29.1 Å². The Balaban J connectivity index is 1.92. The Kier molecular flexibility index (Phi) is 6.00. The van der Waals surface area contributed by atoms with E-state index in [1.54, 1.807) is 26.0 Å². The molecule has 0 aliphatic carbocycles. The van der Waals surface area contributed by atoms with Gasteiger partial charge in [0.1, 0.15) is 0 Å². The first-order valence-corrected chi connectivity index (χ1v) is 10.6. The predicted molar refractivity (Wildman–Crippen MR) is 103 cm³/mol. The molecule has 1 aliphatic heterocycles. The molecule has 0 spiro atoms.